The van der Waals surface area contributed by atoms with Crippen LogP contribution in [0.3, 0.4) is 0 Å². The molecule has 0 saturated carbocycles. The maximum Gasteiger partial charge on any atom is 0.336 e. The summed E-state index contributed by atoms with van der Waals surface area (Å²) in [6.07, 6.45) is -0.159. The number of allylic oxidation sites excluding steroid dienone is 1. The number of methoxy groups -OCH3 is 4. The van der Waals surface area contributed by atoms with Gasteiger partial charge < -0.3 is 24.3 Å². The monoisotopic (exact) mass is 337 g/mol. The fourth-order valence-electron chi connectivity index (χ4n) is 2.03. The van der Waals surface area contributed by atoms with Crippen LogP contribution in [0.4, 0.5) is 0 Å². The molecule has 7 heteroatoms. The van der Waals surface area contributed by atoms with Crippen molar-refractivity contribution in [3.63, 3.8) is 0 Å². The molecular formula is C17H23NO6. The highest BCUT2D eigenvalue weighted by atomic mass is 16.5. The number of carbonyl (C=O) groups excluding carboxylic acids is 2. The maximum atomic E-state index is 11.8. The molecule has 1 aromatic rings. The van der Waals surface area contributed by atoms with Crippen LogP contribution >= 0.6 is 0 Å². The Morgan fingerprint density at radius 1 is 1.00 bits per heavy atom. The first-order valence-electron chi connectivity index (χ1n) is 7.26. The van der Waals surface area contributed by atoms with Gasteiger partial charge in [-0.05, 0) is 24.6 Å². The zero-order valence-electron chi connectivity index (χ0n) is 14.6. The number of rotatable bonds is 8. The summed E-state index contributed by atoms with van der Waals surface area (Å²) in [5.74, 6) is 0.163. The van der Waals surface area contributed by atoms with E-state index in [1.807, 2.05) is 12.1 Å². The van der Waals surface area contributed by atoms with Crippen molar-refractivity contribution >= 4 is 11.9 Å². The SMILES string of the molecule is COC(=O)C/C(C(=O)OC)=C(/C)NCc1ccc(OC)c(OC)c1. The summed E-state index contributed by atoms with van der Waals surface area (Å²) >= 11 is 0. The smallest absolute Gasteiger partial charge is 0.336 e. The van der Waals surface area contributed by atoms with Crippen molar-refractivity contribution in [2.45, 2.75) is 19.9 Å². The topological polar surface area (TPSA) is 83.1 Å². The molecular weight excluding hydrogens is 314 g/mol. The van der Waals surface area contributed by atoms with Crippen LogP contribution in [0, 0.1) is 0 Å². The molecule has 0 fully saturated rings. The van der Waals surface area contributed by atoms with Gasteiger partial charge in [-0.25, -0.2) is 4.79 Å². The van der Waals surface area contributed by atoms with Gasteiger partial charge in [-0.15, -0.1) is 0 Å². The summed E-state index contributed by atoms with van der Waals surface area (Å²) in [6, 6.07) is 5.50. The van der Waals surface area contributed by atoms with E-state index >= 15 is 0 Å². The normalized spacial score (nSPS) is 11.2. The van der Waals surface area contributed by atoms with Gasteiger partial charge in [-0.3, -0.25) is 4.79 Å². The molecule has 0 spiro atoms. The molecule has 0 amide bonds. The van der Waals surface area contributed by atoms with Gasteiger partial charge in [0.25, 0.3) is 0 Å². The Labute approximate surface area is 141 Å². The molecule has 0 bridgehead atoms. The number of esters is 2. The predicted octanol–water partition coefficient (Wildman–Crippen LogP) is 1.80. The van der Waals surface area contributed by atoms with Crippen LogP contribution < -0.4 is 14.8 Å². The van der Waals surface area contributed by atoms with Crippen molar-refractivity contribution in [1.29, 1.82) is 0 Å². The van der Waals surface area contributed by atoms with Crippen molar-refractivity contribution in [3.8, 4) is 11.5 Å². The first kappa shape index (κ1) is 19.3. The van der Waals surface area contributed by atoms with E-state index in [0.29, 0.717) is 23.7 Å². The molecule has 0 radical (unpaired) electrons. The van der Waals surface area contributed by atoms with Gasteiger partial charge in [-0.1, -0.05) is 6.07 Å². The fraction of sp³-hybridized carbons (Fsp3) is 0.412. The Morgan fingerprint density at radius 2 is 1.67 bits per heavy atom. The number of benzene rings is 1. The lowest BCUT2D eigenvalue weighted by atomic mass is 10.1. The summed E-state index contributed by atoms with van der Waals surface area (Å²) in [6.45, 7) is 2.14. The summed E-state index contributed by atoms with van der Waals surface area (Å²) in [5, 5.41) is 3.11. The first-order chi connectivity index (χ1) is 11.5. The molecule has 0 unspecified atom stereocenters. The lowest BCUT2D eigenvalue weighted by Crippen LogP contribution is -2.20. The van der Waals surface area contributed by atoms with Gasteiger partial charge in [0.05, 0.1) is 40.4 Å². The Hall–Kier alpha value is -2.70. The Morgan fingerprint density at radius 3 is 2.21 bits per heavy atom. The van der Waals surface area contributed by atoms with Crippen LogP contribution in [-0.4, -0.2) is 40.4 Å². The number of nitrogens with one attached hydrogen (secondary N) is 1. The number of carbonyl (C=O) groups is 2. The van der Waals surface area contributed by atoms with Crippen LogP contribution in [0.25, 0.3) is 0 Å². The Bertz CT molecular complexity index is 624. The van der Waals surface area contributed by atoms with Crippen LogP contribution in [-0.2, 0) is 25.6 Å². The van der Waals surface area contributed by atoms with E-state index in [4.69, 9.17) is 14.2 Å². The third kappa shape index (κ3) is 5.19. The molecule has 0 saturated heterocycles. The number of hydrogen-bond donors (Lipinski definition) is 1. The summed E-state index contributed by atoms with van der Waals surface area (Å²) in [5.41, 5.74) is 1.70. The third-order valence-electron chi connectivity index (χ3n) is 3.44. The van der Waals surface area contributed by atoms with E-state index in [2.05, 4.69) is 10.1 Å². The quantitative estimate of drug-likeness (QED) is 0.572. The highest BCUT2D eigenvalue weighted by Crippen LogP contribution is 2.27. The molecule has 0 heterocycles. The van der Waals surface area contributed by atoms with E-state index in [1.54, 1.807) is 27.2 Å². The minimum atomic E-state index is -0.572. The van der Waals surface area contributed by atoms with Crippen LogP contribution in [0.2, 0.25) is 0 Å². The van der Waals surface area contributed by atoms with E-state index in [1.165, 1.54) is 14.2 Å². The fourth-order valence-corrected chi connectivity index (χ4v) is 2.03. The zero-order valence-corrected chi connectivity index (χ0v) is 14.6. The second-order valence-corrected chi connectivity index (χ2v) is 4.89. The molecule has 0 aromatic heterocycles. The number of ether oxygens (including phenoxy) is 4. The summed E-state index contributed by atoms with van der Waals surface area (Å²) in [7, 11) is 5.66. The van der Waals surface area contributed by atoms with Crippen molar-refractivity contribution < 1.29 is 28.5 Å². The molecule has 132 valence electrons. The molecule has 0 aliphatic carbocycles. The lowest BCUT2D eigenvalue weighted by molar-refractivity contribution is -0.143. The van der Waals surface area contributed by atoms with Gasteiger partial charge in [0.2, 0.25) is 0 Å². The summed E-state index contributed by atoms with van der Waals surface area (Å²) < 4.78 is 19.8. The minimum Gasteiger partial charge on any atom is -0.493 e. The van der Waals surface area contributed by atoms with E-state index in [-0.39, 0.29) is 12.0 Å². The highest BCUT2D eigenvalue weighted by molar-refractivity contribution is 5.94. The van der Waals surface area contributed by atoms with Gasteiger partial charge in [0.1, 0.15) is 0 Å². The van der Waals surface area contributed by atoms with Gasteiger partial charge >= 0.3 is 11.9 Å². The molecule has 24 heavy (non-hydrogen) atoms. The van der Waals surface area contributed by atoms with Crippen molar-refractivity contribution in [1.82, 2.24) is 5.32 Å². The predicted molar refractivity (Wildman–Crippen MR) is 87.7 cm³/mol. The molecule has 1 N–H and O–H groups in total. The molecule has 0 aliphatic rings. The second kappa shape index (κ2) is 9.44. The van der Waals surface area contributed by atoms with E-state index < -0.39 is 11.9 Å². The van der Waals surface area contributed by atoms with Gasteiger partial charge in [0.15, 0.2) is 11.5 Å². The van der Waals surface area contributed by atoms with Crippen molar-refractivity contribution in [2.24, 2.45) is 0 Å². The summed E-state index contributed by atoms with van der Waals surface area (Å²) in [4.78, 5) is 23.3. The van der Waals surface area contributed by atoms with Crippen molar-refractivity contribution in [3.05, 3.63) is 35.0 Å². The number of hydrogen-bond acceptors (Lipinski definition) is 7. The average Bonchev–Trinajstić information content (AvgIpc) is 2.62. The lowest BCUT2D eigenvalue weighted by Gasteiger charge is -2.13. The molecule has 1 rings (SSSR count). The van der Waals surface area contributed by atoms with Crippen LogP contribution in [0.1, 0.15) is 18.9 Å². The van der Waals surface area contributed by atoms with Gasteiger partial charge in [0, 0.05) is 12.2 Å². The average molecular weight is 337 g/mol. The van der Waals surface area contributed by atoms with E-state index in [9.17, 15) is 9.59 Å². The third-order valence-corrected chi connectivity index (χ3v) is 3.44. The van der Waals surface area contributed by atoms with E-state index in [0.717, 1.165) is 5.56 Å². The molecule has 0 aliphatic heterocycles. The minimum absolute atomic E-state index is 0.159. The molecule has 1 aromatic carbocycles. The first-order valence-corrected chi connectivity index (χ1v) is 7.26. The van der Waals surface area contributed by atoms with Crippen LogP contribution in [0.5, 0.6) is 11.5 Å². The van der Waals surface area contributed by atoms with Gasteiger partial charge in [-0.2, -0.15) is 0 Å². The standard InChI is InChI=1S/C17H23NO6/c1-11(13(17(20)24-5)9-16(19)23-4)18-10-12-6-7-14(21-2)15(8-12)22-3/h6-8,18H,9-10H2,1-5H3/b13-11+. The molecule has 0 atom stereocenters. The van der Waals surface area contributed by atoms with Crippen molar-refractivity contribution in [2.75, 3.05) is 28.4 Å². The maximum absolute atomic E-state index is 11.8. The second-order valence-electron chi connectivity index (χ2n) is 4.89. The van der Waals surface area contributed by atoms with Crippen LogP contribution in [0.15, 0.2) is 29.5 Å². The highest BCUT2D eigenvalue weighted by Gasteiger charge is 2.18. The molecule has 7 nitrogen and oxygen atoms in total. The Kier molecular flexibility index (Phi) is 7.61. The Balaban J connectivity index is 2.92. The zero-order chi connectivity index (χ0) is 18.1. The largest absolute Gasteiger partial charge is 0.493 e.